The molecule has 0 amide bonds. The van der Waals surface area contributed by atoms with E-state index in [1.54, 1.807) is 30.9 Å². The molecule has 6 aromatic rings. The summed E-state index contributed by atoms with van der Waals surface area (Å²) < 4.78 is 13.6. The molecule has 2 N–H and O–H groups in total. The van der Waals surface area contributed by atoms with Gasteiger partial charge in [-0.1, -0.05) is 0 Å². The fourth-order valence-electron chi connectivity index (χ4n) is 3.66. The lowest BCUT2D eigenvalue weighted by Gasteiger charge is -2.04. The normalized spacial score (nSPS) is 11.5. The second-order valence-electron chi connectivity index (χ2n) is 7.12. The molecule has 0 saturated carbocycles. The van der Waals surface area contributed by atoms with E-state index in [4.69, 9.17) is 0 Å². The quantitative estimate of drug-likeness (QED) is 0.408. The maximum absolute atomic E-state index is 13.6. The van der Waals surface area contributed by atoms with Crippen molar-refractivity contribution >= 4 is 33.4 Å². The van der Waals surface area contributed by atoms with Gasteiger partial charge in [-0.25, -0.2) is 9.97 Å². The van der Waals surface area contributed by atoms with E-state index in [1.165, 1.54) is 6.07 Å². The van der Waals surface area contributed by atoms with E-state index < -0.39 is 0 Å². The molecule has 0 aliphatic carbocycles. The SMILES string of the molecule is Cc1ccncc1-c1cc2c(-c3nc4nccc(-c5ccc(F)s5)c4[nH]3)n[nH]c2cn1. The number of imidazole rings is 1. The molecule has 150 valence electrons. The van der Waals surface area contributed by atoms with Crippen molar-refractivity contribution in [2.75, 3.05) is 0 Å². The van der Waals surface area contributed by atoms with Gasteiger partial charge in [0.1, 0.15) is 5.69 Å². The summed E-state index contributed by atoms with van der Waals surface area (Å²) in [5, 5.41) is 8.14. The Morgan fingerprint density at radius 3 is 2.77 bits per heavy atom. The first-order valence-corrected chi connectivity index (χ1v) is 10.3. The molecule has 0 aliphatic heterocycles. The minimum absolute atomic E-state index is 0.233. The Hall–Kier alpha value is -3.98. The average Bonchev–Trinajstić information content (AvgIpc) is 3.50. The lowest BCUT2D eigenvalue weighted by Crippen LogP contribution is -1.88. The van der Waals surface area contributed by atoms with Gasteiger partial charge in [0, 0.05) is 40.0 Å². The molecular weight excluding hydrogens is 413 g/mol. The van der Waals surface area contributed by atoms with Gasteiger partial charge in [-0.3, -0.25) is 15.1 Å². The van der Waals surface area contributed by atoms with Crippen molar-refractivity contribution < 1.29 is 4.39 Å². The fourth-order valence-corrected chi connectivity index (χ4v) is 4.43. The molecular formula is C22H14FN7S. The number of rotatable bonds is 3. The summed E-state index contributed by atoms with van der Waals surface area (Å²) in [6, 6.07) is 9.00. The predicted octanol–water partition coefficient (Wildman–Crippen LogP) is 5.13. The number of fused-ring (bicyclic) bond motifs is 2. The smallest absolute Gasteiger partial charge is 0.178 e. The topological polar surface area (TPSA) is 96.0 Å². The second kappa shape index (κ2) is 6.78. The number of aromatic amines is 2. The molecule has 0 radical (unpaired) electrons. The van der Waals surface area contributed by atoms with Crippen molar-refractivity contribution in [1.29, 1.82) is 0 Å². The van der Waals surface area contributed by atoms with Crippen LogP contribution in [0.4, 0.5) is 4.39 Å². The first-order chi connectivity index (χ1) is 15.2. The average molecular weight is 427 g/mol. The van der Waals surface area contributed by atoms with Crippen LogP contribution < -0.4 is 0 Å². The van der Waals surface area contributed by atoms with E-state index in [-0.39, 0.29) is 5.13 Å². The van der Waals surface area contributed by atoms with Gasteiger partial charge in [0.15, 0.2) is 16.6 Å². The highest BCUT2D eigenvalue weighted by atomic mass is 32.1. The summed E-state index contributed by atoms with van der Waals surface area (Å²) in [6.07, 6.45) is 7.00. The van der Waals surface area contributed by atoms with E-state index in [0.717, 1.165) is 55.0 Å². The summed E-state index contributed by atoms with van der Waals surface area (Å²) in [5.41, 5.74) is 6.48. The molecule has 0 atom stereocenters. The summed E-state index contributed by atoms with van der Waals surface area (Å²) in [4.78, 5) is 21.9. The Kier molecular flexibility index (Phi) is 3.90. The zero-order chi connectivity index (χ0) is 20.9. The summed E-state index contributed by atoms with van der Waals surface area (Å²) in [6.45, 7) is 2.03. The third-order valence-electron chi connectivity index (χ3n) is 5.22. The van der Waals surface area contributed by atoms with Gasteiger partial charge in [-0.05, 0) is 42.8 Å². The molecule has 6 heterocycles. The fraction of sp³-hybridized carbons (Fsp3) is 0.0455. The van der Waals surface area contributed by atoms with Crippen LogP contribution in [0.5, 0.6) is 0 Å². The number of halogens is 1. The molecule has 9 heteroatoms. The second-order valence-corrected chi connectivity index (χ2v) is 8.16. The van der Waals surface area contributed by atoms with Crippen molar-refractivity contribution in [3.63, 3.8) is 0 Å². The van der Waals surface area contributed by atoms with Crippen LogP contribution in [0.1, 0.15) is 5.56 Å². The van der Waals surface area contributed by atoms with E-state index >= 15 is 0 Å². The number of hydrogen-bond donors (Lipinski definition) is 2. The van der Waals surface area contributed by atoms with Crippen LogP contribution in [0.25, 0.3) is 55.3 Å². The number of pyridine rings is 3. The summed E-state index contributed by atoms with van der Waals surface area (Å²) in [7, 11) is 0. The molecule has 0 bridgehead atoms. The molecule has 0 aliphatic rings. The van der Waals surface area contributed by atoms with Crippen LogP contribution in [0.15, 0.2) is 55.1 Å². The third kappa shape index (κ3) is 2.89. The number of hydrogen-bond acceptors (Lipinski definition) is 6. The number of aryl methyl sites for hydroxylation is 1. The van der Waals surface area contributed by atoms with Gasteiger partial charge in [0.05, 0.1) is 22.9 Å². The van der Waals surface area contributed by atoms with Gasteiger partial charge in [-0.15, -0.1) is 11.3 Å². The van der Waals surface area contributed by atoms with Crippen molar-refractivity contribution in [2.45, 2.75) is 6.92 Å². The number of thiophene rings is 1. The molecule has 0 unspecified atom stereocenters. The maximum atomic E-state index is 13.6. The van der Waals surface area contributed by atoms with Gasteiger partial charge >= 0.3 is 0 Å². The van der Waals surface area contributed by atoms with E-state index in [2.05, 4.69) is 35.1 Å². The van der Waals surface area contributed by atoms with Crippen molar-refractivity contribution in [3.05, 3.63) is 65.8 Å². The number of nitrogens with zero attached hydrogens (tertiary/aromatic N) is 5. The standard InChI is InChI=1S/C22H14FN7S/c1-11-4-6-24-9-14(11)15-8-13-16(10-26-15)29-30-20(13)22-27-19-12(5-7-25-21(19)28-22)17-2-3-18(23)31-17/h2-10H,1H3,(H,29,30)(H,25,27,28). The monoisotopic (exact) mass is 427 g/mol. The van der Waals surface area contributed by atoms with Crippen LogP contribution in [0.3, 0.4) is 0 Å². The third-order valence-corrected chi connectivity index (χ3v) is 6.12. The Morgan fingerprint density at radius 1 is 1.00 bits per heavy atom. The number of nitrogens with one attached hydrogen (secondary N) is 2. The van der Waals surface area contributed by atoms with Crippen LogP contribution in [-0.4, -0.2) is 35.1 Å². The predicted molar refractivity (Wildman–Crippen MR) is 118 cm³/mol. The van der Waals surface area contributed by atoms with Crippen molar-refractivity contribution in [3.8, 4) is 33.2 Å². The molecule has 0 fully saturated rings. The van der Waals surface area contributed by atoms with Crippen LogP contribution in [0, 0.1) is 12.1 Å². The highest BCUT2D eigenvalue weighted by molar-refractivity contribution is 7.14. The molecule has 6 rings (SSSR count). The highest BCUT2D eigenvalue weighted by Crippen LogP contribution is 2.34. The Bertz CT molecular complexity index is 1580. The van der Waals surface area contributed by atoms with Gasteiger partial charge in [0.25, 0.3) is 0 Å². The van der Waals surface area contributed by atoms with Crippen molar-refractivity contribution in [2.24, 2.45) is 0 Å². The van der Waals surface area contributed by atoms with Gasteiger partial charge < -0.3 is 4.98 Å². The number of aromatic nitrogens is 7. The maximum Gasteiger partial charge on any atom is 0.178 e. The molecule has 31 heavy (non-hydrogen) atoms. The van der Waals surface area contributed by atoms with Crippen molar-refractivity contribution in [1.82, 2.24) is 35.1 Å². The lowest BCUT2D eigenvalue weighted by molar-refractivity contribution is 0.657. The molecule has 7 nitrogen and oxygen atoms in total. The lowest BCUT2D eigenvalue weighted by atomic mass is 10.1. The van der Waals surface area contributed by atoms with E-state index in [1.807, 2.05) is 25.1 Å². The molecule has 0 spiro atoms. The van der Waals surface area contributed by atoms with Crippen LogP contribution >= 0.6 is 11.3 Å². The van der Waals surface area contributed by atoms with Crippen LogP contribution in [-0.2, 0) is 0 Å². The number of H-pyrrole nitrogens is 2. The largest absolute Gasteiger partial charge is 0.335 e. The van der Waals surface area contributed by atoms with E-state index in [0.29, 0.717) is 17.2 Å². The molecule has 6 aromatic heterocycles. The Balaban J connectivity index is 1.52. The Labute approximate surface area is 179 Å². The summed E-state index contributed by atoms with van der Waals surface area (Å²) in [5.74, 6) is 0.582. The Morgan fingerprint density at radius 2 is 1.94 bits per heavy atom. The molecule has 0 saturated heterocycles. The highest BCUT2D eigenvalue weighted by Gasteiger charge is 2.17. The minimum atomic E-state index is -0.233. The van der Waals surface area contributed by atoms with Gasteiger partial charge in [0.2, 0.25) is 0 Å². The van der Waals surface area contributed by atoms with Gasteiger partial charge in [-0.2, -0.15) is 9.49 Å². The summed E-state index contributed by atoms with van der Waals surface area (Å²) >= 11 is 1.09. The van der Waals surface area contributed by atoms with Crippen LogP contribution in [0.2, 0.25) is 0 Å². The zero-order valence-corrected chi connectivity index (χ0v) is 17.0. The zero-order valence-electron chi connectivity index (χ0n) is 16.2. The first kappa shape index (κ1) is 17.8. The van der Waals surface area contributed by atoms with E-state index in [9.17, 15) is 4.39 Å². The molecule has 0 aromatic carbocycles. The first-order valence-electron chi connectivity index (χ1n) is 9.53. The minimum Gasteiger partial charge on any atom is -0.335 e.